The van der Waals surface area contributed by atoms with Crippen LogP contribution in [0.3, 0.4) is 0 Å². The average molecular weight is 391 g/mol. The number of aryl methyl sites for hydroxylation is 1. The second kappa shape index (κ2) is 9.36. The van der Waals surface area contributed by atoms with Crippen LogP contribution in [-0.4, -0.2) is 35.6 Å². The first-order chi connectivity index (χ1) is 12.8. The number of urea groups is 1. The molecular formula is C19H25N3O4S. The number of hydrogen-bond donors (Lipinski definition) is 2. The Labute approximate surface area is 162 Å². The molecule has 27 heavy (non-hydrogen) atoms. The maximum Gasteiger partial charge on any atom is 0.340 e. The normalized spacial score (nSPS) is 10.7. The van der Waals surface area contributed by atoms with E-state index in [1.165, 1.54) is 4.88 Å². The number of amides is 3. The highest BCUT2D eigenvalue weighted by molar-refractivity contribution is 7.09. The number of carbonyl (C=O) groups is 3. The Morgan fingerprint density at radius 2 is 2.00 bits per heavy atom. The molecule has 0 saturated carbocycles. The second-order valence-corrected chi connectivity index (χ2v) is 7.71. The van der Waals surface area contributed by atoms with Crippen molar-refractivity contribution >= 4 is 29.2 Å². The van der Waals surface area contributed by atoms with E-state index in [1.54, 1.807) is 17.4 Å². The van der Waals surface area contributed by atoms with Gasteiger partial charge in [0, 0.05) is 22.8 Å². The van der Waals surface area contributed by atoms with Crippen molar-refractivity contribution in [1.82, 2.24) is 15.2 Å². The minimum atomic E-state index is -0.669. The largest absolute Gasteiger partial charge is 0.452 e. The van der Waals surface area contributed by atoms with Crippen LogP contribution in [0.15, 0.2) is 23.6 Å². The Morgan fingerprint density at radius 1 is 1.26 bits per heavy atom. The quantitative estimate of drug-likeness (QED) is 0.710. The molecule has 2 heterocycles. The van der Waals surface area contributed by atoms with Crippen molar-refractivity contribution in [3.63, 3.8) is 0 Å². The fraction of sp³-hybridized carbons (Fsp3) is 0.421. The van der Waals surface area contributed by atoms with Gasteiger partial charge < -0.3 is 14.6 Å². The molecule has 0 saturated heterocycles. The van der Waals surface area contributed by atoms with Gasteiger partial charge in [-0.05, 0) is 37.3 Å². The lowest BCUT2D eigenvalue weighted by molar-refractivity contribution is -0.123. The highest BCUT2D eigenvalue weighted by Crippen LogP contribution is 2.20. The molecule has 8 heteroatoms. The number of nitrogens with one attached hydrogen (secondary N) is 2. The molecule has 0 aliphatic rings. The van der Waals surface area contributed by atoms with Crippen LogP contribution in [0.25, 0.3) is 0 Å². The Kier molecular flexibility index (Phi) is 7.18. The Balaban J connectivity index is 1.90. The van der Waals surface area contributed by atoms with Crippen molar-refractivity contribution in [2.45, 2.75) is 34.2 Å². The van der Waals surface area contributed by atoms with Gasteiger partial charge in [0.15, 0.2) is 6.61 Å². The third-order valence-corrected chi connectivity index (χ3v) is 4.81. The van der Waals surface area contributed by atoms with Crippen LogP contribution >= 0.6 is 11.3 Å². The molecule has 2 aromatic heterocycles. The Hall–Kier alpha value is -2.61. The van der Waals surface area contributed by atoms with E-state index in [4.69, 9.17) is 4.74 Å². The van der Waals surface area contributed by atoms with Crippen molar-refractivity contribution in [2.75, 3.05) is 13.2 Å². The highest BCUT2D eigenvalue weighted by atomic mass is 32.1. The molecule has 7 nitrogen and oxygen atoms in total. The van der Waals surface area contributed by atoms with E-state index < -0.39 is 24.5 Å². The van der Waals surface area contributed by atoms with Gasteiger partial charge in [0.1, 0.15) is 0 Å². The Morgan fingerprint density at radius 3 is 2.63 bits per heavy atom. The molecule has 3 amide bonds. The van der Waals surface area contributed by atoms with E-state index in [-0.39, 0.29) is 5.92 Å². The van der Waals surface area contributed by atoms with Gasteiger partial charge in [0.25, 0.3) is 5.91 Å². The summed E-state index contributed by atoms with van der Waals surface area (Å²) in [5.74, 6) is -0.983. The van der Waals surface area contributed by atoms with Gasteiger partial charge in [-0.25, -0.2) is 9.59 Å². The van der Waals surface area contributed by atoms with Crippen molar-refractivity contribution in [3.05, 3.63) is 45.4 Å². The first-order valence-electron chi connectivity index (χ1n) is 8.71. The molecule has 0 spiro atoms. The predicted molar refractivity (Wildman–Crippen MR) is 104 cm³/mol. The van der Waals surface area contributed by atoms with E-state index >= 15 is 0 Å². The van der Waals surface area contributed by atoms with Crippen LogP contribution in [0.4, 0.5) is 4.79 Å². The summed E-state index contributed by atoms with van der Waals surface area (Å²) in [5.41, 5.74) is 2.13. The van der Waals surface area contributed by atoms with Crippen molar-refractivity contribution in [2.24, 2.45) is 5.92 Å². The molecule has 0 fully saturated rings. The topological polar surface area (TPSA) is 89.4 Å². The average Bonchev–Trinajstić information content (AvgIpc) is 3.21. The standard InChI is InChI=1S/C19H25N3O4S/c1-12(2)9-20-19(25)21-17(23)11-26-18(24)16-8-13(3)22(14(16)4)10-15-6-5-7-27-15/h5-8,12H,9-11H2,1-4H3,(H2,20,21,23,25). The monoisotopic (exact) mass is 391 g/mol. The molecule has 2 aromatic rings. The van der Waals surface area contributed by atoms with Crippen LogP contribution in [-0.2, 0) is 16.1 Å². The first kappa shape index (κ1) is 20.7. The summed E-state index contributed by atoms with van der Waals surface area (Å²) in [5, 5.41) is 6.70. The second-order valence-electron chi connectivity index (χ2n) is 6.68. The number of ether oxygens (including phenoxy) is 1. The van der Waals surface area contributed by atoms with Crippen LogP contribution in [0.5, 0.6) is 0 Å². The van der Waals surface area contributed by atoms with Crippen LogP contribution in [0, 0.1) is 19.8 Å². The number of aromatic nitrogens is 1. The summed E-state index contributed by atoms with van der Waals surface area (Å²) < 4.78 is 7.09. The fourth-order valence-corrected chi connectivity index (χ4v) is 3.21. The van der Waals surface area contributed by atoms with E-state index in [2.05, 4.69) is 10.6 Å². The van der Waals surface area contributed by atoms with Gasteiger partial charge in [0.2, 0.25) is 0 Å². The van der Waals surface area contributed by atoms with Crippen molar-refractivity contribution in [3.8, 4) is 0 Å². The minimum Gasteiger partial charge on any atom is -0.452 e. The molecule has 2 N–H and O–H groups in total. The smallest absolute Gasteiger partial charge is 0.340 e. The molecule has 0 atom stereocenters. The molecular weight excluding hydrogens is 366 g/mol. The Bertz CT molecular complexity index is 809. The van der Waals surface area contributed by atoms with Gasteiger partial charge in [-0.15, -0.1) is 11.3 Å². The van der Waals surface area contributed by atoms with Crippen LogP contribution in [0.1, 0.15) is 40.5 Å². The zero-order chi connectivity index (χ0) is 20.0. The summed E-state index contributed by atoms with van der Waals surface area (Å²) >= 11 is 1.65. The maximum absolute atomic E-state index is 12.3. The molecule has 0 aliphatic carbocycles. The SMILES string of the molecule is Cc1cc(C(=O)OCC(=O)NC(=O)NCC(C)C)c(C)n1Cc1cccs1. The zero-order valence-electron chi connectivity index (χ0n) is 16.0. The van der Waals surface area contributed by atoms with Gasteiger partial charge in [-0.3, -0.25) is 10.1 Å². The summed E-state index contributed by atoms with van der Waals surface area (Å²) in [7, 11) is 0. The van der Waals surface area contributed by atoms with Gasteiger partial charge in [-0.1, -0.05) is 19.9 Å². The van der Waals surface area contributed by atoms with Gasteiger partial charge >= 0.3 is 12.0 Å². The van der Waals surface area contributed by atoms with Crippen molar-refractivity contribution in [1.29, 1.82) is 0 Å². The van der Waals surface area contributed by atoms with E-state index in [9.17, 15) is 14.4 Å². The van der Waals surface area contributed by atoms with Gasteiger partial charge in [-0.2, -0.15) is 0 Å². The molecule has 0 radical (unpaired) electrons. The predicted octanol–water partition coefficient (Wildman–Crippen LogP) is 2.85. The van der Waals surface area contributed by atoms with E-state index in [0.717, 1.165) is 11.4 Å². The fourth-order valence-electron chi connectivity index (χ4n) is 2.52. The van der Waals surface area contributed by atoms with Gasteiger partial charge in [0.05, 0.1) is 12.1 Å². The zero-order valence-corrected chi connectivity index (χ0v) is 16.8. The molecule has 0 aliphatic heterocycles. The minimum absolute atomic E-state index is 0.271. The number of imide groups is 1. The number of rotatable bonds is 7. The molecule has 0 aromatic carbocycles. The highest BCUT2D eigenvalue weighted by Gasteiger charge is 2.19. The third-order valence-electron chi connectivity index (χ3n) is 3.95. The number of hydrogen-bond acceptors (Lipinski definition) is 5. The lowest BCUT2D eigenvalue weighted by Crippen LogP contribution is -2.42. The number of esters is 1. The van der Waals surface area contributed by atoms with Crippen LogP contribution in [0.2, 0.25) is 0 Å². The lowest BCUT2D eigenvalue weighted by Gasteiger charge is -2.09. The van der Waals surface area contributed by atoms with E-state index in [1.807, 2.05) is 49.8 Å². The molecule has 2 rings (SSSR count). The number of carbonyl (C=O) groups excluding carboxylic acids is 3. The van der Waals surface area contributed by atoms with Crippen molar-refractivity contribution < 1.29 is 19.1 Å². The molecule has 0 unspecified atom stereocenters. The summed E-state index contributed by atoms with van der Waals surface area (Å²) in [6, 6.07) is 5.17. The summed E-state index contributed by atoms with van der Waals surface area (Å²) in [6.07, 6.45) is 0. The first-order valence-corrected chi connectivity index (χ1v) is 9.59. The van der Waals surface area contributed by atoms with E-state index in [0.29, 0.717) is 18.7 Å². The van der Waals surface area contributed by atoms with Crippen LogP contribution < -0.4 is 10.6 Å². The lowest BCUT2D eigenvalue weighted by atomic mass is 10.2. The molecule has 0 bridgehead atoms. The molecule has 146 valence electrons. The maximum atomic E-state index is 12.3. The summed E-state index contributed by atoms with van der Waals surface area (Å²) in [6.45, 7) is 8.27. The third kappa shape index (κ3) is 5.96. The summed E-state index contributed by atoms with van der Waals surface area (Å²) in [4.78, 5) is 36.8. The number of thiophene rings is 1. The number of nitrogens with zero attached hydrogens (tertiary/aromatic N) is 1.